The Morgan fingerprint density at radius 2 is 1.65 bits per heavy atom. The van der Waals surface area contributed by atoms with Crippen LogP contribution in [0, 0.1) is 0 Å². The van der Waals surface area contributed by atoms with Crippen molar-refractivity contribution in [3.8, 4) is 0 Å². The third-order valence-electron chi connectivity index (χ3n) is 2.18. The van der Waals surface area contributed by atoms with Crippen molar-refractivity contribution in [3.63, 3.8) is 0 Å². The molecule has 7 heteroatoms. The quantitative estimate of drug-likeness (QED) is 0.247. The van der Waals surface area contributed by atoms with Crippen LogP contribution in [0.3, 0.4) is 0 Å². The number of nitrogens with zero attached hydrogens (tertiary/aromatic N) is 1. The summed E-state index contributed by atoms with van der Waals surface area (Å²) in [4.78, 5) is 21.6. The number of hydrogen-bond acceptors (Lipinski definition) is 6. The van der Waals surface area contributed by atoms with Crippen LogP contribution in [0.2, 0.25) is 0 Å². The van der Waals surface area contributed by atoms with E-state index in [-0.39, 0.29) is 20.0 Å². The molecule has 0 aromatic heterocycles. The van der Waals surface area contributed by atoms with E-state index < -0.39 is 18.0 Å². The zero-order chi connectivity index (χ0) is 15.6. The molecule has 0 bridgehead atoms. The van der Waals surface area contributed by atoms with Crippen LogP contribution in [-0.2, 0) is 28.5 Å². The highest BCUT2D eigenvalue weighted by molar-refractivity contribution is 5.67. The van der Waals surface area contributed by atoms with Crippen molar-refractivity contribution in [2.24, 2.45) is 0 Å². The molecule has 0 rings (SSSR count). The molecule has 0 spiro atoms. The van der Waals surface area contributed by atoms with Crippen molar-refractivity contribution in [1.29, 1.82) is 0 Å². The van der Waals surface area contributed by atoms with Gasteiger partial charge >= 0.3 is 11.9 Å². The lowest BCUT2D eigenvalue weighted by molar-refractivity contribution is -0.870. The van der Waals surface area contributed by atoms with Gasteiger partial charge in [0.15, 0.2) is 6.10 Å². The molecule has 0 aliphatic rings. The molecule has 1 unspecified atom stereocenters. The second-order valence-corrected chi connectivity index (χ2v) is 5.44. The van der Waals surface area contributed by atoms with Crippen LogP contribution in [0.4, 0.5) is 0 Å². The van der Waals surface area contributed by atoms with E-state index in [4.69, 9.17) is 18.9 Å². The first-order chi connectivity index (χ1) is 9.20. The summed E-state index contributed by atoms with van der Waals surface area (Å²) in [5, 5.41) is 0. The average Bonchev–Trinajstić information content (AvgIpc) is 2.28. The molecule has 0 N–H and O–H groups in total. The largest absolute Gasteiger partial charge is 0.462 e. The molecule has 0 saturated heterocycles. The zero-order valence-corrected chi connectivity index (χ0v) is 13.0. The minimum atomic E-state index is -0.613. The molecule has 0 aliphatic heterocycles. The molecule has 0 radical (unpaired) electrons. The molecule has 0 amide bonds. The minimum absolute atomic E-state index is 0.0200. The van der Waals surface area contributed by atoms with Gasteiger partial charge in [-0.3, -0.25) is 9.59 Å². The van der Waals surface area contributed by atoms with Crippen molar-refractivity contribution >= 4 is 11.9 Å². The van der Waals surface area contributed by atoms with Gasteiger partial charge in [0.25, 0.3) is 0 Å². The average molecular weight is 292 g/mol. The topological polar surface area (TPSA) is 71.1 Å². The second-order valence-electron chi connectivity index (χ2n) is 5.44. The molecule has 0 aromatic rings. The molecule has 0 heterocycles. The van der Waals surface area contributed by atoms with Gasteiger partial charge in [-0.15, -0.1) is 0 Å². The maximum Gasteiger partial charge on any atom is 0.303 e. The highest BCUT2D eigenvalue weighted by Crippen LogP contribution is 1.97. The Morgan fingerprint density at radius 3 is 2.15 bits per heavy atom. The molecule has 0 aliphatic carbocycles. The van der Waals surface area contributed by atoms with Crippen LogP contribution < -0.4 is 0 Å². The Labute approximate surface area is 120 Å². The fraction of sp³-hybridized carbons (Fsp3) is 0.846. The Morgan fingerprint density at radius 1 is 1.00 bits per heavy atom. The second kappa shape index (κ2) is 9.68. The Hall–Kier alpha value is -1.18. The monoisotopic (exact) mass is 292 g/mol. The van der Waals surface area contributed by atoms with Gasteiger partial charge in [-0.25, -0.2) is 0 Å². The summed E-state index contributed by atoms with van der Waals surface area (Å²) in [7, 11) is 6.21. The third kappa shape index (κ3) is 13.3. The van der Waals surface area contributed by atoms with E-state index in [0.29, 0.717) is 6.61 Å². The van der Waals surface area contributed by atoms with Gasteiger partial charge in [-0.1, -0.05) is 0 Å². The van der Waals surface area contributed by atoms with E-state index in [0.717, 1.165) is 11.0 Å². The highest BCUT2D eigenvalue weighted by atomic mass is 16.7. The number of esters is 2. The summed E-state index contributed by atoms with van der Waals surface area (Å²) in [6.07, 6.45) is -0.613. The van der Waals surface area contributed by atoms with Crippen LogP contribution in [-0.4, -0.2) is 76.8 Å². The van der Waals surface area contributed by atoms with E-state index >= 15 is 0 Å². The van der Waals surface area contributed by atoms with Crippen molar-refractivity contribution < 1.29 is 33.0 Å². The molecule has 0 aromatic carbocycles. The summed E-state index contributed by atoms with van der Waals surface area (Å²) >= 11 is 0. The molecule has 7 nitrogen and oxygen atoms in total. The highest BCUT2D eigenvalue weighted by Gasteiger charge is 2.14. The van der Waals surface area contributed by atoms with Crippen molar-refractivity contribution in [2.45, 2.75) is 20.0 Å². The van der Waals surface area contributed by atoms with Gasteiger partial charge in [-0.2, -0.15) is 0 Å². The fourth-order valence-corrected chi connectivity index (χ4v) is 1.20. The van der Waals surface area contributed by atoms with E-state index in [9.17, 15) is 9.59 Å². The van der Waals surface area contributed by atoms with Crippen LogP contribution in [0.1, 0.15) is 13.8 Å². The smallest absolute Gasteiger partial charge is 0.303 e. The van der Waals surface area contributed by atoms with E-state index in [1.54, 1.807) is 0 Å². The van der Waals surface area contributed by atoms with Crippen LogP contribution in [0.15, 0.2) is 0 Å². The van der Waals surface area contributed by atoms with Gasteiger partial charge in [0.1, 0.15) is 19.9 Å². The Kier molecular flexibility index (Phi) is 9.11. The van der Waals surface area contributed by atoms with E-state index in [1.165, 1.54) is 13.8 Å². The van der Waals surface area contributed by atoms with E-state index in [2.05, 4.69) is 21.1 Å². The fourth-order valence-electron chi connectivity index (χ4n) is 1.20. The predicted molar refractivity (Wildman–Crippen MR) is 71.9 cm³/mol. The lowest BCUT2D eigenvalue weighted by Gasteiger charge is -2.23. The SMILES string of the molecule is CC(=O)OCC(COCOCC[N+](C)(C)C)OC(C)=O. The summed E-state index contributed by atoms with van der Waals surface area (Å²) in [5.74, 6) is -0.877. The first-order valence-electron chi connectivity index (χ1n) is 6.47. The predicted octanol–water partition coefficient (Wildman–Crippen LogP) is 0.178. The van der Waals surface area contributed by atoms with Gasteiger partial charge in [0, 0.05) is 13.8 Å². The van der Waals surface area contributed by atoms with Crippen molar-refractivity contribution in [2.75, 3.05) is 54.3 Å². The Balaban J connectivity index is 3.78. The number of hydrogen-bond donors (Lipinski definition) is 0. The van der Waals surface area contributed by atoms with Crippen LogP contribution in [0.25, 0.3) is 0 Å². The molecule has 0 fully saturated rings. The Bertz CT molecular complexity index is 300. The maximum atomic E-state index is 10.9. The number of ether oxygens (including phenoxy) is 4. The molecule has 0 saturated carbocycles. The van der Waals surface area contributed by atoms with Gasteiger partial charge < -0.3 is 23.4 Å². The van der Waals surface area contributed by atoms with E-state index in [1.807, 2.05) is 0 Å². The number of carbonyl (C=O) groups excluding carboxylic acids is 2. The van der Waals surface area contributed by atoms with Crippen LogP contribution >= 0.6 is 0 Å². The standard InChI is InChI=1S/C13H26NO6/c1-11(15)19-9-13(20-12(2)16)8-18-10-17-7-6-14(3,4)5/h13H,6-10H2,1-5H3/q+1. The normalized spacial score (nSPS) is 12.8. The van der Waals surface area contributed by atoms with Crippen LogP contribution in [0.5, 0.6) is 0 Å². The molecular weight excluding hydrogens is 266 g/mol. The van der Waals surface area contributed by atoms with Gasteiger partial charge in [0.2, 0.25) is 0 Å². The van der Waals surface area contributed by atoms with Gasteiger partial charge in [0.05, 0.1) is 34.4 Å². The zero-order valence-electron chi connectivity index (χ0n) is 13.0. The summed E-state index contributed by atoms with van der Waals surface area (Å²) in [5.41, 5.74) is 0. The summed E-state index contributed by atoms with van der Waals surface area (Å²) < 4.78 is 21.1. The maximum absolute atomic E-state index is 10.9. The number of rotatable bonds is 10. The molecule has 1 atom stereocenters. The number of likely N-dealkylation sites (N-methyl/N-ethyl adjacent to an activating group) is 1. The lowest BCUT2D eigenvalue weighted by Crippen LogP contribution is -2.37. The van der Waals surface area contributed by atoms with Gasteiger partial charge in [-0.05, 0) is 0 Å². The van der Waals surface area contributed by atoms with Crippen molar-refractivity contribution in [1.82, 2.24) is 0 Å². The third-order valence-corrected chi connectivity index (χ3v) is 2.18. The number of carbonyl (C=O) groups is 2. The minimum Gasteiger partial charge on any atom is -0.462 e. The number of quaternary nitrogens is 1. The molecular formula is C13H26NO6+. The lowest BCUT2D eigenvalue weighted by atomic mass is 10.4. The van der Waals surface area contributed by atoms with Crippen molar-refractivity contribution in [3.05, 3.63) is 0 Å². The summed E-state index contributed by atoms with van der Waals surface area (Å²) in [6.45, 7) is 4.23. The first-order valence-corrected chi connectivity index (χ1v) is 6.47. The first kappa shape index (κ1) is 18.8. The molecule has 118 valence electrons. The molecule has 20 heavy (non-hydrogen) atoms. The summed E-state index contributed by atoms with van der Waals surface area (Å²) in [6, 6.07) is 0.